The molecule has 2 aliphatic carbocycles. The number of rotatable bonds is 26. The van der Waals surface area contributed by atoms with Crippen LogP contribution >= 0.6 is 0 Å². The molecule has 0 aromatic rings. The van der Waals surface area contributed by atoms with Crippen LogP contribution in [0.2, 0.25) is 0 Å². The normalized spacial score (nSPS) is 25.1. The van der Waals surface area contributed by atoms with Crippen molar-refractivity contribution in [2.45, 2.75) is 189 Å². The van der Waals surface area contributed by atoms with Crippen molar-refractivity contribution in [2.75, 3.05) is 6.61 Å². The Hall–Kier alpha value is -1.06. The number of carbonyl (C=O) groups is 2. The summed E-state index contributed by atoms with van der Waals surface area (Å²) in [7, 11) is 0. The second-order valence-corrected chi connectivity index (χ2v) is 16.5. The molecule has 0 aromatic heterocycles. The van der Waals surface area contributed by atoms with Crippen LogP contribution in [0.25, 0.3) is 0 Å². The van der Waals surface area contributed by atoms with Gasteiger partial charge in [0.2, 0.25) is 0 Å². The highest BCUT2D eigenvalue weighted by molar-refractivity contribution is 5.69. The molecule has 0 aromatic carbocycles. The molecular formula is C41H76O4. The lowest BCUT2D eigenvalue weighted by molar-refractivity contribution is -0.144. The van der Waals surface area contributed by atoms with Crippen molar-refractivity contribution in [1.29, 1.82) is 0 Å². The van der Waals surface area contributed by atoms with E-state index in [-0.39, 0.29) is 5.97 Å². The molecule has 45 heavy (non-hydrogen) atoms. The van der Waals surface area contributed by atoms with Gasteiger partial charge in [0.1, 0.15) is 0 Å². The van der Waals surface area contributed by atoms with E-state index in [0.29, 0.717) is 31.3 Å². The number of hydrogen-bond donors (Lipinski definition) is 1. The molecular weight excluding hydrogens is 556 g/mol. The van der Waals surface area contributed by atoms with E-state index in [2.05, 4.69) is 34.6 Å². The maximum atomic E-state index is 11.8. The van der Waals surface area contributed by atoms with Gasteiger partial charge in [-0.3, -0.25) is 9.59 Å². The van der Waals surface area contributed by atoms with Gasteiger partial charge in [-0.05, 0) is 85.9 Å². The fourth-order valence-electron chi connectivity index (χ4n) is 9.17. The van der Waals surface area contributed by atoms with Crippen molar-refractivity contribution >= 4 is 11.9 Å². The summed E-state index contributed by atoms with van der Waals surface area (Å²) in [5.41, 5.74) is 0. The number of unbranched alkanes of at least 4 members (excludes halogenated alkanes) is 2. The number of hydrogen-bond acceptors (Lipinski definition) is 3. The maximum Gasteiger partial charge on any atom is 0.306 e. The van der Waals surface area contributed by atoms with E-state index < -0.39 is 5.97 Å². The van der Waals surface area contributed by atoms with Gasteiger partial charge in [0, 0.05) is 12.8 Å². The van der Waals surface area contributed by atoms with Crippen LogP contribution < -0.4 is 0 Å². The van der Waals surface area contributed by atoms with Crippen molar-refractivity contribution in [3.05, 3.63) is 0 Å². The Morgan fingerprint density at radius 1 is 0.667 bits per heavy atom. The van der Waals surface area contributed by atoms with Gasteiger partial charge < -0.3 is 9.84 Å². The first-order chi connectivity index (χ1) is 21.6. The van der Waals surface area contributed by atoms with Crippen LogP contribution in [-0.4, -0.2) is 23.7 Å². The Morgan fingerprint density at radius 2 is 1.27 bits per heavy atom. The third-order valence-corrected chi connectivity index (χ3v) is 12.1. The zero-order chi connectivity index (χ0) is 33.0. The number of carboxylic acid groups (broad SMARTS) is 1. The molecule has 2 fully saturated rings. The number of aliphatic carboxylic acids is 1. The van der Waals surface area contributed by atoms with E-state index in [1.165, 1.54) is 122 Å². The topological polar surface area (TPSA) is 63.6 Å². The quantitative estimate of drug-likeness (QED) is 0.0761. The minimum Gasteiger partial charge on any atom is -0.481 e. The van der Waals surface area contributed by atoms with E-state index in [4.69, 9.17) is 9.84 Å². The van der Waals surface area contributed by atoms with Crippen molar-refractivity contribution in [2.24, 2.45) is 53.3 Å². The van der Waals surface area contributed by atoms with E-state index >= 15 is 0 Å². The minimum atomic E-state index is -0.648. The fraction of sp³-hybridized carbons (Fsp3) is 0.951. The molecule has 2 rings (SSSR count). The maximum absolute atomic E-state index is 11.8. The molecule has 9 unspecified atom stereocenters. The number of carbonyl (C=O) groups excluding carboxylic acids is 1. The first-order valence-electron chi connectivity index (χ1n) is 20.0. The first kappa shape index (κ1) is 40.1. The first-order valence-corrected chi connectivity index (χ1v) is 20.0. The molecule has 4 heteroatoms. The van der Waals surface area contributed by atoms with Gasteiger partial charge in [-0.1, -0.05) is 144 Å². The Morgan fingerprint density at radius 3 is 1.91 bits per heavy atom. The van der Waals surface area contributed by atoms with E-state index in [1.54, 1.807) is 0 Å². The van der Waals surface area contributed by atoms with Gasteiger partial charge in [-0.15, -0.1) is 0 Å². The summed E-state index contributed by atoms with van der Waals surface area (Å²) < 4.78 is 5.15. The lowest BCUT2D eigenvalue weighted by Crippen LogP contribution is -2.16. The summed E-state index contributed by atoms with van der Waals surface area (Å²) >= 11 is 0. The number of carboxylic acids is 1. The van der Waals surface area contributed by atoms with Gasteiger partial charge in [-0.25, -0.2) is 0 Å². The van der Waals surface area contributed by atoms with Crippen LogP contribution in [0.15, 0.2) is 0 Å². The Labute approximate surface area is 280 Å². The molecule has 0 heterocycles. The van der Waals surface area contributed by atoms with Crippen LogP contribution in [0.5, 0.6) is 0 Å². The monoisotopic (exact) mass is 633 g/mol. The van der Waals surface area contributed by atoms with E-state index in [1.807, 2.05) is 6.92 Å². The molecule has 0 bridgehead atoms. The van der Waals surface area contributed by atoms with E-state index in [9.17, 15) is 9.59 Å². The van der Waals surface area contributed by atoms with Gasteiger partial charge in [0.05, 0.1) is 6.61 Å². The van der Waals surface area contributed by atoms with Crippen molar-refractivity contribution in [1.82, 2.24) is 0 Å². The summed E-state index contributed by atoms with van der Waals surface area (Å²) in [6.07, 6.45) is 29.8. The second kappa shape index (κ2) is 23.3. The Balaban J connectivity index is 1.47. The number of esters is 1. The fourth-order valence-corrected chi connectivity index (χ4v) is 9.17. The van der Waals surface area contributed by atoms with Gasteiger partial charge in [0.25, 0.3) is 0 Å². The van der Waals surface area contributed by atoms with Crippen LogP contribution in [0.4, 0.5) is 0 Å². The predicted octanol–water partition coefficient (Wildman–Crippen LogP) is 12.3. The van der Waals surface area contributed by atoms with Crippen LogP contribution in [0.1, 0.15) is 189 Å². The second-order valence-electron chi connectivity index (χ2n) is 16.5. The van der Waals surface area contributed by atoms with Crippen LogP contribution in [-0.2, 0) is 14.3 Å². The summed E-state index contributed by atoms with van der Waals surface area (Å²) in [5.74, 6) is 6.26. The number of ether oxygens (including phenoxy) is 1. The smallest absolute Gasteiger partial charge is 0.306 e. The highest BCUT2D eigenvalue weighted by atomic mass is 16.5. The summed E-state index contributed by atoms with van der Waals surface area (Å²) in [5, 5.41) is 8.95. The third kappa shape index (κ3) is 18.2. The molecule has 9 atom stereocenters. The van der Waals surface area contributed by atoms with Crippen molar-refractivity contribution in [3.63, 3.8) is 0 Å². The molecule has 0 aliphatic heterocycles. The van der Waals surface area contributed by atoms with Gasteiger partial charge in [-0.2, -0.15) is 0 Å². The standard InChI is InChI=1S/C41H76O4/c1-7-35(16-11-12-18-38-24-25-39(30-38)34(6)26-33(5)28-41(44)45-8-2)21-20-31(3)14-9-10-17-36-22-23-37(29-36)19-13-15-32(4)27-40(42)43/h31-39H,7-30H2,1-6H3,(H,42,43). The molecule has 1 N–H and O–H groups in total. The molecule has 0 spiro atoms. The van der Waals surface area contributed by atoms with Crippen molar-refractivity contribution in [3.8, 4) is 0 Å². The zero-order valence-corrected chi connectivity index (χ0v) is 30.8. The molecule has 4 nitrogen and oxygen atoms in total. The Kier molecular flexibility index (Phi) is 20.8. The average Bonchev–Trinajstić information content (AvgIpc) is 3.64. The van der Waals surface area contributed by atoms with Crippen molar-refractivity contribution < 1.29 is 19.4 Å². The van der Waals surface area contributed by atoms with Crippen LogP contribution in [0.3, 0.4) is 0 Å². The van der Waals surface area contributed by atoms with E-state index in [0.717, 1.165) is 54.3 Å². The summed E-state index contributed by atoms with van der Waals surface area (Å²) in [6, 6.07) is 0. The molecule has 2 aliphatic rings. The zero-order valence-electron chi connectivity index (χ0n) is 30.8. The average molecular weight is 633 g/mol. The minimum absolute atomic E-state index is 0.0271. The molecule has 0 saturated heterocycles. The highest BCUT2D eigenvalue weighted by Crippen LogP contribution is 2.41. The molecule has 264 valence electrons. The largest absolute Gasteiger partial charge is 0.481 e. The van der Waals surface area contributed by atoms with Gasteiger partial charge >= 0.3 is 11.9 Å². The van der Waals surface area contributed by atoms with Crippen LogP contribution in [0, 0.1) is 53.3 Å². The SMILES string of the molecule is CCOC(=O)CC(C)CC(C)C1CCC(CCCCC(CC)CCC(C)CCCCC2CCC(CCCC(C)CC(=O)O)C2)C1. The van der Waals surface area contributed by atoms with Gasteiger partial charge in [0.15, 0.2) is 0 Å². The summed E-state index contributed by atoms with van der Waals surface area (Å²) in [6.45, 7) is 14.0. The lowest BCUT2D eigenvalue weighted by atomic mass is 9.83. The Bertz CT molecular complexity index is 779. The highest BCUT2D eigenvalue weighted by Gasteiger charge is 2.29. The third-order valence-electron chi connectivity index (χ3n) is 12.1. The molecule has 2 saturated carbocycles. The predicted molar refractivity (Wildman–Crippen MR) is 190 cm³/mol. The molecule has 0 radical (unpaired) electrons. The molecule has 0 amide bonds. The lowest BCUT2D eigenvalue weighted by Gasteiger charge is -2.23. The summed E-state index contributed by atoms with van der Waals surface area (Å²) in [4.78, 5) is 22.7.